The Morgan fingerprint density at radius 2 is 1.94 bits per heavy atom. The topological polar surface area (TPSA) is 69.4 Å². The van der Waals surface area contributed by atoms with Crippen molar-refractivity contribution in [3.8, 4) is 0 Å². The first-order valence-electron chi connectivity index (χ1n) is 5.40. The highest BCUT2D eigenvalue weighted by Crippen LogP contribution is 2.16. The van der Waals surface area contributed by atoms with Gasteiger partial charge in [0.05, 0.1) is 7.11 Å². The number of aryl methyl sites for hydroxylation is 2. The van der Waals surface area contributed by atoms with Crippen LogP contribution in [0.1, 0.15) is 34.4 Å². The van der Waals surface area contributed by atoms with Crippen LogP contribution in [0.3, 0.4) is 0 Å². The third kappa shape index (κ3) is 2.03. The van der Waals surface area contributed by atoms with E-state index in [1.807, 2.05) is 20.8 Å². The molecule has 0 aromatic carbocycles. The number of ether oxygens (including phenoxy) is 1. The lowest BCUT2D eigenvalue weighted by atomic mass is 10.1. The van der Waals surface area contributed by atoms with Gasteiger partial charge in [0.1, 0.15) is 0 Å². The number of methoxy groups -OCH3 is 1. The van der Waals surface area contributed by atoms with Gasteiger partial charge in [-0.3, -0.25) is 0 Å². The average molecular weight is 271 g/mol. The molecule has 0 radical (unpaired) electrons. The third-order valence-electron chi connectivity index (χ3n) is 2.85. The van der Waals surface area contributed by atoms with Crippen molar-refractivity contribution in [3.63, 3.8) is 0 Å². The molecule has 0 spiro atoms. The summed E-state index contributed by atoms with van der Waals surface area (Å²) in [7, 11) is 1.34. The van der Waals surface area contributed by atoms with Crippen molar-refractivity contribution in [2.75, 3.05) is 7.11 Å². The summed E-state index contributed by atoms with van der Waals surface area (Å²) in [4.78, 5) is 11.6. The van der Waals surface area contributed by atoms with Gasteiger partial charge >= 0.3 is 5.97 Å². The van der Waals surface area contributed by atoms with Crippen LogP contribution in [0.15, 0.2) is 0 Å². The van der Waals surface area contributed by atoms with Crippen molar-refractivity contribution in [1.82, 2.24) is 19.8 Å². The summed E-state index contributed by atoms with van der Waals surface area (Å²) in [6, 6.07) is 0. The Labute approximate surface area is 111 Å². The molecular weight excluding hydrogens is 256 g/mol. The van der Waals surface area contributed by atoms with E-state index < -0.39 is 5.97 Å². The molecule has 98 valence electrons. The van der Waals surface area contributed by atoms with E-state index in [1.54, 1.807) is 4.52 Å². The zero-order valence-electron chi connectivity index (χ0n) is 10.7. The number of nitrogens with zero attached hydrogens (tertiary/aromatic N) is 4. The van der Waals surface area contributed by atoms with Crippen LogP contribution >= 0.6 is 12.4 Å². The molecule has 0 aliphatic heterocycles. The van der Waals surface area contributed by atoms with Gasteiger partial charge in [0.25, 0.3) is 0 Å². The van der Waals surface area contributed by atoms with Crippen LogP contribution in [0.4, 0.5) is 0 Å². The maximum absolute atomic E-state index is 11.6. The predicted molar refractivity (Wildman–Crippen MR) is 68.2 cm³/mol. The smallest absolute Gasteiger partial charge is 0.358 e. The molecule has 0 fully saturated rings. The highest BCUT2D eigenvalue weighted by Gasteiger charge is 2.18. The Morgan fingerprint density at radius 1 is 1.28 bits per heavy atom. The quantitative estimate of drug-likeness (QED) is 0.774. The molecule has 0 amide bonds. The standard InChI is InChI=1S/C11H14N4O2.ClH/c1-5-8-12-13-10-7(3)6(2)9(11(16)17-4)14-15(8)10;/h5H2,1-4H3;1H. The Kier molecular flexibility index (Phi) is 4.24. The molecule has 0 atom stereocenters. The molecule has 6 nitrogen and oxygen atoms in total. The lowest BCUT2D eigenvalue weighted by Gasteiger charge is -2.07. The minimum absolute atomic E-state index is 0. The fourth-order valence-electron chi connectivity index (χ4n) is 1.68. The van der Waals surface area contributed by atoms with E-state index in [1.165, 1.54) is 7.11 Å². The first-order chi connectivity index (χ1) is 8.10. The Morgan fingerprint density at radius 3 is 2.50 bits per heavy atom. The van der Waals surface area contributed by atoms with Gasteiger partial charge in [-0.2, -0.15) is 9.61 Å². The Balaban J connectivity index is 0.00000162. The second-order valence-electron chi connectivity index (χ2n) is 3.80. The van der Waals surface area contributed by atoms with E-state index in [0.717, 1.165) is 17.0 Å². The summed E-state index contributed by atoms with van der Waals surface area (Å²) in [6.45, 7) is 5.69. The van der Waals surface area contributed by atoms with Crippen LogP contribution in [-0.4, -0.2) is 32.9 Å². The molecular formula is C11H15ClN4O2. The molecule has 0 saturated carbocycles. The average Bonchev–Trinajstić information content (AvgIpc) is 2.75. The molecule has 18 heavy (non-hydrogen) atoms. The van der Waals surface area contributed by atoms with Gasteiger partial charge < -0.3 is 4.74 Å². The maximum atomic E-state index is 11.6. The van der Waals surface area contributed by atoms with Gasteiger partial charge in [0.15, 0.2) is 17.2 Å². The van der Waals surface area contributed by atoms with E-state index in [0.29, 0.717) is 17.8 Å². The van der Waals surface area contributed by atoms with Crippen LogP contribution < -0.4 is 0 Å². The van der Waals surface area contributed by atoms with Gasteiger partial charge in [-0.05, 0) is 19.4 Å². The van der Waals surface area contributed by atoms with Crippen LogP contribution in [0.2, 0.25) is 0 Å². The minimum Gasteiger partial charge on any atom is -0.464 e. The lowest BCUT2D eigenvalue weighted by molar-refractivity contribution is 0.0591. The molecule has 0 bridgehead atoms. The molecule has 0 saturated heterocycles. The number of halogens is 1. The third-order valence-corrected chi connectivity index (χ3v) is 2.85. The van der Waals surface area contributed by atoms with Crippen LogP contribution in [0.25, 0.3) is 5.65 Å². The molecule has 0 unspecified atom stereocenters. The largest absolute Gasteiger partial charge is 0.464 e. The normalized spacial score (nSPS) is 10.2. The number of hydrogen-bond acceptors (Lipinski definition) is 5. The predicted octanol–water partition coefficient (Wildman–Crippen LogP) is 1.51. The fourth-order valence-corrected chi connectivity index (χ4v) is 1.68. The van der Waals surface area contributed by atoms with Gasteiger partial charge in [-0.15, -0.1) is 22.6 Å². The number of carbonyl (C=O) groups is 1. The number of esters is 1. The van der Waals surface area contributed by atoms with Crippen LogP contribution in [0.5, 0.6) is 0 Å². The number of rotatable bonds is 2. The zero-order chi connectivity index (χ0) is 12.6. The van der Waals surface area contributed by atoms with Crippen molar-refractivity contribution >= 4 is 24.0 Å². The highest BCUT2D eigenvalue weighted by atomic mass is 35.5. The van der Waals surface area contributed by atoms with E-state index in [4.69, 9.17) is 4.74 Å². The molecule has 2 aromatic heterocycles. The number of carbonyl (C=O) groups excluding carboxylic acids is 1. The minimum atomic E-state index is -0.441. The fraction of sp³-hybridized carbons (Fsp3) is 0.455. The first-order valence-corrected chi connectivity index (χ1v) is 5.40. The molecule has 0 aliphatic rings. The highest BCUT2D eigenvalue weighted by molar-refractivity contribution is 5.89. The monoisotopic (exact) mass is 270 g/mol. The van der Waals surface area contributed by atoms with Crippen molar-refractivity contribution in [2.45, 2.75) is 27.2 Å². The Bertz CT molecular complexity index is 594. The van der Waals surface area contributed by atoms with E-state index in [2.05, 4.69) is 15.3 Å². The summed E-state index contributed by atoms with van der Waals surface area (Å²) in [5, 5.41) is 12.4. The number of fused-ring (bicyclic) bond motifs is 1. The van der Waals surface area contributed by atoms with Crippen LogP contribution in [-0.2, 0) is 11.2 Å². The SMILES string of the molecule is CCc1nnc2c(C)c(C)c(C(=O)OC)nn12.Cl. The van der Waals surface area contributed by atoms with E-state index >= 15 is 0 Å². The second kappa shape index (κ2) is 5.30. The molecule has 2 heterocycles. The van der Waals surface area contributed by atoms with Gasteiger partial charge in [-0.25, -0.2) is 4.79 Å². The summed E-state index contributed by atoms with van der Waals surface area (Å²) in [6.07, 6.45) is 0.706. The summed E-state index contributed by atoms with van der Waals surface area (Å²) < 4.78 is 6.32. The van der Waals surface area contributed by atoms with Gasteiger partial charge in [-0.1, -0.05) is 6.92 Å². The molecule has 2 rings (SSSR count). The molecule has 0 N–H and O–H groups in total. The van der Waals surface area contributed by atoms with Crippen molar-refractivity contribution in [2.24, 2.45) is 0 Å². The first kappa shape index (κ1) is 14.4. The van der Waals surface area contributed by atoms with Crippen LogP contribution in [0, 0.1) is 13.8 Å². The molecule has 7 heteroatoms. The number of aromatic nitrogens is 4. The van der Waals surface area contributed by atoms with Gasteiger partial charge in [0.2, 0.25) is 0 Å². The van der Waals surface area contributed by atoms with Crippen molar-refractivity contribution in [1.29, 1.82) is 0 Å². The summed E-state index contributed by atoms with van der Waals surface area (Å²) in [5.74, 6) is 0.288. The lowest BCUT2D eigenvalue weighted by Crippen LogP contribution is -2.13. The maximum Gasteiger partial charge on any atom is 0.358 e. The summed E-state index contributed by atoms with van der Waals surface area (Å²) >= 11 is 0. The van der Waals surface area contributed by atoms with E-state index in [-0.39, 0.29) is 12.4 Å². The van der Waals surface area contributed by atoms with Crippen molar-refractivity contribution in [3.05, 3.63) is 22.6 Å². The zero-order valence-corrected chi connectivity index (χ0v) is 11.5. The summed E-state index contributed by atoms with van der Waals surface area (Å²) in [5.41, 5.74) is 2.67. The molecule has 0 aliphatic carbocycles. The second-order valence-corrected chi connectivity index (χ2v) is 3.80. The number of hydrogen-bond donors (Lipinski definition) is 0. The van der Waals surface area contributed by atoms with Gasteiger partial charge in [0, 0.05) is 12.0 Å². The van der Waals surface area contributed by atoms with E-state index in [9.17, 15) is 4.79 Å². The van der Waals surface area contributed by atoms with Crippen molar-refractivity contribution < 1.29 is 9.53 Å². The molecule has 2 aromatic rings. The Hall–Kier alpha value is -1.69.